The van der Waals surface area contributed by atoms with Crippen LogP contribution in [0.5, 0.6) is 17.2 Å². The second-order valence-corrected chi connectivity index (χ2v) is 9.16. The number of likely N-dealkylation sites (N-methyl/N-ethyl adjacent to an activating group) is 1. The molecule has 9 heteroatoms. The molecule has 1 saturated heterocycles. The van der Waals surface area contributed by atoms with E-state index in [1.54, 1.807) is 23.1 Å². The number of rotatable bonds is 10. The lowest BCUT2D eigenvalue weighted by Gasteiger charge is -2.15. The summed E-state index contributed by atoms with van der Waals surface area (Å²) in [4.78, 5) is 14.6. The topological polar surface area (TPSA) is 48.0 Å². The third-order valence-corrected chi connectivity index (χ3v) is 6.42. The Labute approximate surface area is 207 Å². The van der Waals surface area contributed by atoms with E-state index in [-0.39, 0.29) is 5.91 Å². The van der Waals surface area contributed by atoms with E-state index in [9.17, 15) is 4.79 Å². The number of carbonyl (C=O) groups is 1. The third-order valence-electron chi connectivity index (χ3n) is 4.45. The molecule has 0 bridgehead atoms. The standard InChI is InChI=1S/C23H23Cl2NO4S2/c1-3-26-22(27)20(32-23(26)31)14-15-12-17(25)21(19(13-15)28-4-2)30-11-7-10-29-18-9-6-5-8-16(18)24/h5-6,8-9,12-14H,3-4,7,10-11H2,1-2H3/b20-14-. The quantitative estimate of drug-likeness (QED) is 0.207. The van der Waals surface area contributed by atoms with Crippen LogP contribution >= 0.6 is 47.2 Å². The molecular weight excluding hydrogens is 489 g/mol. The van der Waals surface area contributed by atoms with Gasteiger partial charge in [-0.15, -0.1) is 0 Å². The number of amides is 1. The van der Waals surface area contributed by atoms with Crippen molar-refractivity contribution in [2.45, 2.75) is 20.3 Å². The summed E-state index contributed by atoms with van der Waals surface area (Å²) in [6.07, 6.45) is 2.40. The van der Waals surface area contributed by atoms with Crippen molar-refractivity contribution in [2.75, 3.05) is 26.4 Å². The summed E-state index contributed by atoms with van der Waals surface area (Å²) in [5.74, 6) is 1.52. The summed E-state index contributed by atoms with van der Waals surface area (Å²) in [5.41, 5.74) is 0.740. The number of thiocarbonyl (C=S) groups is 1. The number of hydrogen-bond donors (Lipinski definition) is 0. The van der Waals surface area contributed by atoms with E-state index >= 15 is 0 Å². The molecule has 0 unspecified atom stereocenters. The zero-order valence-corrected chi connectivity index (χ0v) is 20.9. The molecule has 2 aromatic rings. The molecule has 3 rings (SSSR count). The maximum absolute atomic E-state index is 12.5. The van der Waals surface area contributed by atoms with E-state index in [0.29, 0.717) is 69.3 Å². The van der Waals surface area contributed by atoms with Gasteiger partial charge >= 0.3 is 0 Å². The van der Waals surface area contributed by atoms with Crippen molar-refractivity contribution < 1.29 is 19.0 Å². The molecule has 0 radical (unpaired) electrons. The highest BCUT2D eigenvalue weighted by Crippen LogP contribution is 2.39. The van der Waals surface area contributed by atoms with E-state index in [0.717, 1.165) is 5.56 Å². The fourth-order valence-electron chi connectivity index (χ4n) is 2.98. The Kier molecular flexibility index (Phi) is 9.11. The number of hydrogen-bond acceptors (Lipinski definition) is 6. The summed E-state index contributed by atoms with van der Waals surface area (Å²) in [6, 6.07) is 10.9. The van der Waals surface area contributed by atoms with Crippen molar-refractivity contribution in [3.8, 4) is 17.2 Å². The van der Waals surface area contributed by atoms with Crippen LogP contribution in [0.2, 0.25) is 10.0 Å². The van der Waals surface area contributed by atoms with Crippen molar-refractivity contribution in [2.24, 2.45) is 0 Å². The van der Waals surface area contributed by atoms with Crippen LogP contribution in [-0.2, 0) is 4.79 Å². The van der Waals surface area contributed by atoms with Crippen molar-refractivity contribution in [1.82, 2.24) is 4.90 Å². The van der Waals surface area contributed by atoms with Crippen molar-refractivity contribution >= 4 is 63.5 Å². The van der Waals surface area contributed by atoms with Crippen molar-refractivity contribution in [3.05, 3.63) is 56.9 Å². The molecule has 2 aromatic carbocycles. The van der Waals surface area contributed by atoms with Gasteiger partial charge < -0.3 is 14.2 Å². The van der Waals surface area contributed by atoms with E-state index in [1.165, 1.54) is 11.8 Å². The maximum atomic E-state index is 12.5. The summed E-state index contributed by atoms with van der Waals surface area (Å²) < 4.78 is 17.9. The van der Waals surface area contributed by atoms with Crippen LogP contribution in [0, 0.1) is 0 Å². The molecule has 0 N–H and O–H groups in total. The SMILES string of the molecule is CCOc1cc(/C=C2\SC(=S)N(CC)C2=O)cc(Cl)c1OCCCOc1ccccc1Cl. The van der Waals surface area contributed by atoms with Gasteiger partial charge in [0.1, 0.15) is 10.1 Å². The zero-order chi connectivity index (χ0) is 23.1. The third kappa shape index (κ3) is 6.10. The highest BCUT2D eigenvalue weighted by Gasteiger charge is 2.30. The average Bonchev–Trinajstić information content (AvgIpc) is 3.03. The van der Waals surface area contributed by atoms with Gasteiger partial charge in [-0.2, -0.15) is 0 Å². The number of para-hydroxylation sites is 1. The summed E-state index contributed by atoms with van der Waals surface area (Å²) in [6.45, 7) is 5.60. The first kappa shape index (κ1) is 24.7. The normalized spacial score (nSPS) is 14.9. The predicted octanol–water partition coefficient (Wildman–Crippen LogP) is 6.46. The number of carbonyl (C=O) groups excluding carboxylic acids is 1. The lowest BCUT2D eigenvalue weighted by atomic mass is 10.1. The minimum atomic E-state index is -0.101. The van der Waals surface area contributed by atoms with Crippen molar-refractivity contribution in [1.29, 1.82) is 0 Å². The Morgan fingerprint density at radius 2 is 1.78 bits per heavy atom. The minimum Gasteiger partial charge on any atom is -0.492 e. The smallest absolute Gasteiger partial charge is 0.266 e. The van der Waals surface area contributed by atoms with E-state index in [4.69, 9.17) is 49.6 Å². The Hall–Kier alpha value is -1.93. The van der Waals surface area contributed by atoms with E-state index in [1.807, 2.05) is 38.1 Å². The van der Waals surface area contributed by atoms with Gasteiger partial charge in [-0.3, -0.25) is 9.69 Å². The fraction of sp³-hybridized carbons (Fsp3) is 0.304. The second-order valence-electron chi connectivity index (χ2n) is 6.67. The molecular formula is C23H23Cl2NO4S2. The van der Waals surface area contributed by atoms with Gasteiger partial charge in [0.25, 0.3) is 5.91 Å². The van der Waals surface area contributed by atoms with Crippen LogP contribution in [0.4, 0.5) is 0 Å². The van der Waals surface area contributed by atoms with Crippen LogP contribution in [0.1, 0.15) is 25.8 Å². The fourth-order valence-corrected chi connectivity index (χ4v) is 4.82. The van der Waals surface area contributed by atoms with Crippen LogP contribution in [0.15, 0.2) is 41.3 Å². The molecule has 1 fully saturated rings. The first-order chi connectivity index (χ1) is 15.4. The number of ether oxygens (including phenoxy) is 3. The Bertz CT molecular complexity index is 1030. The molecule has 5 nitrogen and oxygen atoms in total. The summed E-state index contributed by atoms with van der Waals surface area (Å²) in [7, 11) is 0. The molecule has 32 heavy (non-hydrogen) atoms. The zero-order valence-electron chi connectivity index (χ0n) is 17.7. The Morgan fingerprint density at radius 3 is 2.47 bits per heavy atom. The first-order valence-corrected chi connectivity index (χ1v) is 12.1. The highest BCUT2D eigenvalue weighted by atomic mass is 35.5. The predicted molar refractivity (Wildman–Crippen MR) is 135 cm³/mol. The summed E-state index contributed by atoms with van der Waals surface area (Å²) >= 11 is 19.1. The molecule has 0 aliphatic carbocycles. The largest absolute Gasteiger partial charge is 0.492 e. The molecule has 0 atom stereocenters. The highest BCUT2D eigenvalue weighted by molar-refractivity contribution is 8.26. The van der Waals surface area contributed by atoms with Gasteiger partial charge in [0.15, 0.2) is 11.5 Å². The molecule has 1 aliphatic rings. The van der Waals surface area contributed by atoms with Crippen LogP contribution in [0.3, 0.4) is 0 Å². The molecule has 1 heterocycles. The maximum Gasteiger partial charge on any atom is 0.266 e. The number of nitrogens with zero attached hydrogens (tertiary/aromatic N) is 1. The Morgan fingerprint density at radius 1 is 1.03 bits per heavy atom. The monoisotopic (exact) mass is 511 g/mol. The van der Waals surface area contributed by atoms with Gasteiger partial charge in [0, 0.05) is 13.0 Å². The second kappa shape index (κ2) is 11.8. The molecule has 0 spiro atoms. The lowest BCUT2D eigenvalue weighted by molar-refractivity contribution is -0.121. The molecule has 0 aromatic heterocycles. The molecule has 1 aliphatic heterocycles. The van der Waals surface area contributed by atoms with Gasteiger partial charge in [0.2, 0.25) is 0 Å². The van der Waals surface area contributed by atoms with Gasteiger partial charge in [0.05, 0.1) is 34.8 Å². The van der Waals surface area contributed by atoms with Crippen LogP contribution in [0.25, 0.3) is 6.08 Å². The Balaban J connectivity index is 1.66. The molecule has 170 valence electrons. The van der Waals surface area contributed by atoms with Crippen molar-refractivity contribution in [3.63, 3.8) is 0 Å². The van der Waals surface area contributed by atoms with Gasteiger partial charge in [-0.05, 0) is 49.8 Å². The number of thioether (sulfide) groups is 1. The minimum absolute atomic E-state index is 0.101. The van der Waals surface area contributed by atoms with Gasteiger partial charge in [-0.25, -0.2) is 0 Å². The van der Waals surface area contributed by atoms with E-state index < -0.39 is 0 Å². The van der Waals surface area contributed by atoms with Gasteiger partial charge in [-0.1, -0.05) is 59.3 Å². The number of halogens is 2. The van der Waals surface area contributed by atoms with Crippen LogP contribution < -0.4 is 14.2 Å². The molecule has 1 amide bonds. The summed E-state index contributed by atoms with van der Waals surface area (Å²) in [5, 5.41) is 0.974. The molecule has 0 saturated carbocycles. The lowest BCUT2D eigenvalue weighted by Crippen LogP contribution is -2.27. The number of benzene rings is 2. The first-order valence-electron chi connectivity index (χ1n) is 10.2. The van der Waals surface area contributed by atoms with E-state index in [2.05, 4.69) is 0 Å². The van der Waals surface area contributed by atoms with Crippen LogP contribution in [-0.4, -0.2) is 41.5 Å². The average molecular weight is 512 g/mol.